The highest BCUT2D eigenvalue weighted by Crippen LogP contribution is 2.33. The molecule has 5 aromatic heterocycles. The van der Waals surface area contributed by atoms with Gasteiger partial charge in [-0.25, -0.2) is 9.97 Å². The van der Waals surface area contributed by atoms with Gasteiger partial charge in [0, 0.05) is 41.8 Å². The first-order chi connectivity index (χ1) is 15.3. The second-order valence-electron chi connectivity index (χ2n) is 8.19. The third-order valence-corrected chi connectivity index (χ3v) is 6.17. The number of likely N-dealkylation sites (tertiary alicyclic amines) is 1. The summed E-state index contributed by atoms with van der Waals surface area (Å²) in [5.41, 5.74) is 6.53. The van der Waals surface area contributed by atoms with Gasteiger partial charge in [-0.1, -0.05) is 6.07 Å². The molecule has 1 aliphatic rings. The number of nitrogens with zero attached hydrogens (tertiary/aromatic N) is 6. The summed E-state index contributed by atoms with van der Waals surface area (Å²) in [6.07, 6.45) is 9.53. The fourth-order valence-electron chi connectivity index (χ4n) is 4.42. The first kappa shape index (κ1) is 18.1. The maximum atomic E-state index is 4.95. The van der Waals surface area contributed by atoms with E-state index in [1.807, 2.05) is 36.8 Å². The van der Waals surface area contributed by atoms with Crippen molar-refractivity contribution in [3.8, 4) is 22.6 Å². The standard InChI is InChI=1S/C23H22N8/c1-31-9-5-14(6-10-31)19-21-18(4-8-25-19)27-23(28-21)20-17-11-16(13-26-22(17)30-29-20)15-3-2-7-24-12-15/h2-4,7-8,11-14H,5-6,9-10H2,1H3,(H,27,28)(H,26,29,30). The SMILES string of the molecule is CN1CCC(c2nccc3[nH]c(-c4n[nH]c5ncc(-c6cccnc6)cc45)nc23)CC1. The zero-order valence-corrected chi connectivity index (χ0v) is 17.2. The molecular weight excluding hydrogens is 388 g/mol. The summed E-state index contributed by atoms with van der Waals surface area (Å²) < 4.78 is 0. The summed E-state index contributed by atoms with van der Waals surface area (Å²) in [6, 6.07) is 8.02. The number of pyridine rings is 3. The van der Waals surface area contributed by atoms with Crippen LogP contribution in [0, 0.1) is 0 Å². The Kier molecular flexibility index (Phi) is 4.24. The molecule has 2 N–H and O–H groups in total. The molecule has 0 radical (unpaired) electrons. The van der Waals surface area contributed by atoms with Crippen LogP contribution in [0.1, 0.15) is 24.5 Å². The first-order valence-corrected chi connectivity index (χ1v) is 10.5. The summed E-state index contributed by atoms with van der Waals surface area (Å²) in [7, 11) is 2.17. The Morgan fingerprint density at radius 2 is 1.94 bits per heavy atom. The van der Waals surface area contributed by atoms with E-state index in [0.29, 0.717) is 5.92 Å². The number of hydrogen-bond donors (Lipinski definition) is 2. The fraction of sp³-hybridized carbons (Fsp3) is 0.261. The van der Waals surface area contributed by atoms with Crippen LogP contribution in [0.4, 0.5) is 0 Å². The van der Waals surface area contributed by atoms with Gasteiger partial charge in [-0.15, -0.1) is 0 Å². The van der Waals surface area contributed by atoms with Gasteiger partial charge in [0.1, 0.15) is 11.2 Å². The topological polar surface area (TPSA) is 99.3 Å². The van der Waals surface area contributed by atoms with Crippen LogP contribution in [-0.4, -0.2) is 60.2 Å². The largest absolute Gasteiger partial charge is 0.336 e. The van der Waals surface area contributed by atoms with E-state index in [-0.39, 0.29) is 0 Å². The number of aromatic nitrogens is 7. The Labute approximate surface area is 178 Å². The number of imidazole rings is 1. The van der Waals surface area contributed by atoms with Crippen molar-refractivity contribution in [1.29, 1.82) is 0 Å². The Morgan fingerprint density at radius 1 is 1.03 bits per heavy atom. The monoisotopic (exact) mass is 410 g/mol. The lowest BCUT2D eigenvalue weighted by Crippen LogP contribution is -2.29. The van der Waals surface area contributed by atoms with Crippen molar-refractivity contribution in [3.63, 3.8) is 0 Å². The van der Waals surface area contributed by atoms with Crippen molar-refractivity contribution in [3.05, 3.63) is 54.7 Å². The molecule has 6 rings (SSSR count). The van der Waals surface area contributed by atoms with Crippen LogP contribution in [-0.2, 0) is 0 Å². The predicted octanol–water partition coefficient (Wildman–Crippen LogP) is 3.77. The molecule has 154 valence electrons. The van der Waals surface area contributed by atoms with Crippen LogP contribution in [0.15, 0.2) is 49.1 Å². The van der Waals surface area contributed by atoms with Gasteiger partial charge in [0.2, 0.25) is 0 Å². The summed E-state index contributed by atoms with van der Waals surface area (Å²) in [6.45, 7) is 2.18. The van der Waals surface area contributed by atoms with E-state index in [1.54, 1.807) is 6.20 Å². The van der Waals surface area contributed by atoms with Crippen molar-refractivity contribution in [2.24, 2.45) is 0 Å². The number of aromatic amines is 2. The third kappa shape index (κ3) is 3.16. The van der Waals surface area contributed by atoms with E-state index in [4.69, 9.17) is 9.97 Å². The normalized spacial score (nSPS) is 15.8. The Morgan fingerprint density at radius 3 is 2.77 bits per heavy atom. The zero-order valence-electron chi connectivity index (χ0n) is 17.2. The molecule has 8 heteroatoms. The maximum absolute atomic E-state index is 4.95. The first-order valence-electron chi connectivity index (χ1n) is 10.5. The van der Waals surface area contributed by atoms with Gasteiger partial charge < -0.3 is 9.88 Å². The molecule has 1 saturated heterocycles. The van der Waals surface area contributed by atoms with Crippen molar-refractivity contribution in [2.75, 3.05) is 20.1 Å². The molecule has 0 bridgehead atoms. The van der Waals surface area contributed by atoms with E-state index in [9.17, 15) is 0 Å². The Hall–Kier alpha value is -3.65. The highest BCUT2D eigenvalue weighted by Gasteiger charge is 2.23. The fourth-order valence-corrected chi connectivity index (χ4v) is 4.42. The Balaban J connectivity index is 1.44. The molecule has 1 aliphatic heterocycles. The van der Waals surface area contributed by atoms with E-state index < -0.39 is 0 Å². The van der Waals surface area contributed by atoms with E-state index >= 15 is 0 Å². The summed E-state index contributed by atoms with van der Waals surface area (Å²) in [5, 5.41) is 8.48. The molecule has 0 aliphatic carbocycles. The lowest BCUT2D eigenvalue weighted by Gasteiger charge is -2.28. The van der Waals surface area contributed by atoms with Gasteiger partial charge in [-0.2, -0.15) is 5.10 Å². The van der Waals surface area contributed by atoms with Crippen LogP contribution < -0.4 is 0 Å². The molecule has 0 saturated carbocycles. The van der Waals surface area contributed by atoms with E-state index in [2.05, 4.69) is 43.2 Å². The molecule has 5 aromatic rings. The number of hydrogen-bond acceptors (Lipinski definition) is 6. The quantitative estimate of drug-likeness (QED) is 0.470. The maximum Gasteiger partial charge on any atom is 0.159 e. The van der Waals surface area contributed by atoms with Crippen LogP contribution >= 0.6 is 0 Å². The number of fused-ring (bicyclic) bond motifs is 2. The van der Waals surface area contributed by atoms with Crippen molar-refractivity contribution in [1.82, 2.24) is 40.0 Å². The molecule has 0 aromatic carbocycles. The molecular formula is C23H22N8. The van der Waals surface area contributed by atoms with Gasteiger partial charge >= 0.3 is 0 Å². The number of piperidine rings is 1. The van der Waals surface area contributed by atoms with Crippen LogP contribution in [0.25, 0.3) is 44.7 Å². The number of H-pyrrole nitrogens is 2. The third-order valence-electron chi connectivity index (χ3n) is 6.17. The minimum atomic E-state index is 0.436. The molecule has 0 spiro atoms. The van der Waals surface area contributed by atoms with Crippen LogP contribution in [0.5, 0.6) is 0 Å². The minimum Gasteiger partial charge on any atom is -0.336 e. The van der Waals surface area contributed by atoms with Crippen LogP contribution in [0.3, 0.4) is 0 Å². The molecule has 6 heterocycles. The van der Waals surface area contributed by atoms with Gasteiger partial charge in [0.15, 0.2) is 11.5 Å². The second kappa shape index (κ2) is 7.24. The molecule has 8 nitrogen and oxygen atoms in total. The van der Waals surface area contributed by atoms with Crippen molar-refractivity contribution >= 4 is 22.1 Å². The summed E-state index contributed by atoms with van der Waals surface area (Å²) in [5.74, 6) is 1.17. The number of rotatable bonds is 3. The predicted molar refractivity (Wildman–Crippen MR) is 119 cm³/mol. The zero-order chi connectivity index (χ0) is 20.8. The highest BCUT2D eigenvalue weighted by atomic mass is 15.2. The average molecular weight is 410 g/mol. The summed E-state index contributed by atoms with van der Waals surface area (Å²) >= 11 is 0. The molecule has 0 unspecified atom stereocenters. The molecule has 0 amide bonds. The minimum absolute atomic E-state index is 0.436. The van der Waals surface area contributed by atoms with Gasteiger partial charge in [0.25, 0.3) is 0 Å². The van der Waals surface area contributed by atoms with Gasteiger partial charge in [-0.3, -0.25) is 15.1 Å². The Bertz CT molecular complexity index is 1360. The van der Waals surface area contributed by atoms with Crippen molar-refractivity contribution < 1.29 is 0 Å². The molecule has 0 atom stereocenters. The smallest absolute Gasteiger partial charge is 0.159 e. The molecule has 31 heavy (non-hydrogen) atoms. The van der Waals surface area contributed by atoms with Gasteiger partial charge in [-0.05, 0) is 51.2 Å². The highest BCUT2D eigenvalue weighted by molar-refractivity contribution is 5.93. The number of nitrogens with one attached hydrogen (secondary N) is 2. The van der Waals surface area contributed by atoms with Gasteiger partial charge in [0.05, 0.1) is 16.6 Å². The lowest BCUT2D eigenvalue weighted by atomic mass is 9.92. The van der Waals surface area contributed by atoms with E-state index in [0.717, 1.165) is 76.3 Å². The lowest BCUT2D eigenvalue weighted by molar-refractivity contribution is 0.254. The van der Waals surface area contributed by atoms with E-state index in [1.165, 1.54) is 0 Å². The van der Waals surface area contributed by atoms with Crippen molar-refractivity contribution in [2.45, 2.75) is 18.8 Å². The summed E-state index contributed by atoms with van der Waals surface area (Å²) in [4.78, 5) is 24.3. The molecule has 1 fully saturated rings. The van der Waals surface area contributed by atoms with Crippen LogP contribution in [0.2, 0.25) is 0 Å². The average Bonchev–Trinajstić information content (AvgIpc) is 3.43. The second-order valence-corrected chi connectivity index (χ2v) is 8.19.